The van der Waals surface area contributed by atoms with Crippen molar-refractivity contribution in [1.82, 2.24) is 5.32 Å². The first-order valence-corrected chi connectivity index (χ1v) is 11.1. The molecule has 0 heterocycles. The number of aromatic hydroxyl groups is 1. The first kappa shape index (κ1) is 25.8. The summed E-state index contributed by atoms with van der Waals surface area (Å²) < 4.78 is 0. The van der Waals surface area contributed by atoms with Crippen LogP contribution < -0.4 is 5.32 Å². The molecule has 0 unspecified atom stereocenters. The number of benzene rings is 3. The molecule has 0 aliphatic heterocycles. The quantitative estimate of drug-likeness (QED) is 0.359. The molecule has 0 aliphatic rings. The van der Waals surface area contributed by atoms with Gasteiger partial charge < -0.3 is 10.4 Å². The summed E-state index contributed by atoms with van der Waals surface area (Å²) in [6, 6.07) is 17.5. The highest BCUT2D eigenvalue weighted by Gasteiger charge is 2.16. The molecular formula is C25H27Cl4NO. The Bertz CT molecular complexity index is 1030. The lowest BCUT2D eigenvalue weighted by Gasteiger charge is -2.22. The monoisotopic (exact) mass is 497 g/mol. The fraction of sp³-hybridized carbons (Fsp3) is 0.280. The molecule has 0 aliphatic carbocycles. The smallest absolute Gasteiger partial charge is 0.127 e. The van der Waals surface area contributed by atoms with Crippen molar-refractivity contribution in [2.24, 2.45) is 0 Å². The Morgan fingerprint density at radius 3 is 2.06 bits per heavy atom. The Kier molecular flexibility index (Phi) is 9.12. The third kappa shape index (κ3) is 7.30. The predicted molar refractivity (Wildman–Crippen MR) is 136 cm³/mol. The summed E-state index contributed by atoms with van der Waals surface area (Å²) in [4.78, 5) is 0. The van der Waals surface area contributed by atoms with Crippen LogP contribution >= 0.6 is 47.2 Å². The highest BCUT2D eigenvalue weighted by molar-refractivity contribution is 6.42. The second kappa shape index (κ2) is 10.9. The lowest BCUT2D eigenvalue weighted by atomic mass is 9.94. The van der Waals surface area contributed by atoms with Crippen LogP contribution in [0.5, 0.6) is 5.75 Å². The second-order valence-corrected chi connectivity index (χ2v) is 9.76. The van der Waals surface area contributed by atoms with Crippen LogP contribution in [0.4, 0.5) is 0 Å². The summed E-state index contributed by atoms with van der Waals surface area (Å²) in [7, 11) is 0. The molecule has 0 bridgehead atoms. The lowest BCUT2D eigenvalue weighted by molar-refractivity contribution is 0.412. The van der Waals surface area contributed by atoms with Gasteiger partial charge in [0.05, 0.1) is 10.0 Å². The van der Waals surface area contributed by atoms with E-state index in [1.807, 2.05) is 36.4 Å². The zero-order valence-corrected chi connectivity index (χ0v) is 20.9. The van der Waals surface area contributed by atoms with E-state index < -0.39 is 0 Å². The number of nitrogens with one attached hydrogen (secondary N) is 1. The number of phenols is 1. The largest absolute Gasteiger partial charge is 0.507 e. The number of rotatable bonds is 6. The molecule has 3 aromatic carbocycles. The van der Waals surface area contributed by atoms with Crippen molar-refractivity contribution in [3.05, 3.63) is 86.4 Å². The van der Waals surface area contributed by atoms with Gasteiger partial charge in [0.2, 0.25) is 0 Å². The van der Waals surface area contributed by atoms with Gasteiger partial charge in [0.25, 0.3) is 0 Å². The molecule has 6 heteroatoms. The molecule has 31 heavy (non-hydrogen) atoms. The van der Waals surface area contributed by atoms with Gasteiger partial charge in [-0.15, -0.1) is 12.4 Å². The van der Waals surface area contributed by atoms with Gasteiger partial charge in [0.1, 0.15) is 5.75 Å². The van der Waals surface area contributed by atoms with Gasteiger partial charge in [-0.25, -0.2) is 0 Å². The van der Waals surface area contributed by atoms with Gasteiger partial charge in [-0.2, -0.15) is 0 Å². The average molecular weight is 499 g/mol. The fourth-order valence-corrected chi connectivity index (χ4v) is 3.65. The minimum atomic E-state index is -0.0600. The van der Waals surface area contributed by atoms with Crippen molar-refractivity contribution in [2.45, 2.75) is 45.7 Å². The number of hydrogen-bond donors (Lipinski definition) is 2. The molecule has 0 amide bonds. The van der Waals surface area contributed by atoms with E-state index in [0.29, 0.717) is 16.6 Å². The van der Waals surface area contributed by atoms with Crippen molar-refractivity contribution in [3.63, 3.8) is 0 Å². The van der Waals surface area contributed by atoms with Crippen molar-refractivity contribution < 1.29 is 5.11 Å². The third-order valence-electron chi connectivity index (χ3n) is 4.90. The van der Waals surface area contributed by atoms with Crippen molar-refractivity contribution in [3.8, 4) is 16.9 Å². The van der Waals surface area contributed by atoms with E-state index in [4.69, 9.17) is 34.8 Å². The van der Waals surface area contributed by atoms with E-state index in [9.17, 15) is 5.11 Å². The normalized spacial score (nSPS) is 11.3. The van der Waals surface area contributed by atoms with Crippen molar-refractivity contribution in [1.29, 1.82) is 0 Å². The van der Waals surface area contributed by atoms with Gasteiger partial charge >= 0.3 is 0 Å². The molecule has 3 aromatic rings. The molecule has 0 aromatic heterocycles. The Morgan fingerprint density at radius 1 is 0.806 bits per heavy atom. The topological polar surface area (TPSA) is 32.3 Å². The molecule has 0 saturated carbocycles. The maximum Gasteiger partial charge on any atom is 0.127 e. The third-order valence-corrected chi connectivity index (χ3v) is 5.90. The molecular weight excluding hydrogens is 472 g/mol. The van der Waals surface area contributed by atoms with Crippen LogP contribution in [0.25, 0.3) is 11.1 Å². The molecule has 0 radical (unpaired) electrons. The van der Waals surface area contributed by atoms with Crippen LogP contribution in [0.3, 0.4) is 0 Å². The van der Waals surface area contributed by atoms with Gasteiger partial charge in [-0.05, 0) is 80.6 Å². The molecule has 2 N–H and O–H groups in total. The summed E-state index contributed by atoms with van der Waals surface area (Å²) in [5, 5.41) is 16.2. The molecule has 166 valence electrons. The van der Waals surface area contributed by atoms with E-state index in [1.54, 1.807) is 12.1 Å². The summed E-state index contributed by atoms with van der Waals surface area (Å²) in [6.45, 7) is 6.88. The van der Waals surface area contributed by atoms with Crippen LogP contribution in [0.2, 0.25) is 15.1 Å². The van der Waals surface area contributed by atoms with E-state index in [-0.39, 0.29) is 23.7 Å². The maximum atomic E-state index is 11.0. The Balaban J connectivity index is 0.00000341. The van der Waals surface area contributed by atoms with Crippen LogP contribution in [0.1, 0.15) is 37.5 Å². The number of halogens is 4. The molecule has 2 nitrogen and oxygen atoms in total. The maximum absolute atomic E-state index is 11.0. The molecule has 0 atom stereocenters. The molecule has 0 fully saturated rings. The van der Waals surface area contributed by atoms with Crippen LogP contribution in [0, 0.1) is 0 Å². The van der Waals surface area contributed by atoms with Crippen LogP contribution in [-0.2, 0) is 19.4 Å². The van der Waals surface area contributed by atoms with Gasteiger partial charge in [0, 0.05) is 28.2 Å². The van der Waals surface area contributed by atoms with Gasteiger partial charge in [0.15, 0.2) is 0 Å². The second-order valence-electron chi connectivity index (χ2n) is 8.51. The molecule has 0 spiro atoms. The summed E-state index contributed by atoms with van der Waals surface area (Å²) in [5.41, 5.74) is 4.77. The molecule has 0 saturated heterocycles. The number of hydrogen-bond acceptors (Lipinski definition) is 2. The van der Waals surface area contributed by atoms with Crippen molar-refractivity contribution >= 4 is 47.2 Å². The fourth-order valence-electron chi connectivity index (χ4n) is 3.22. The highest BCUT2D eigenvalue weighted by atomic mass is 35.5. The van der Waals surface area contributed by atoms with E-state index >= 15 is 0 Å². The SMILES string of the molecule is CC(C)(C)NCc1cc(CCc2ccc(Cl)cc2)cc(-c2ccc(Cl)c(Cl)c2)c1O.Cl. The number of phenolic OH excluding ortho intramolecular Hbond substituents is 1. The Labute approximate surface area is 206 Å². The summed E-state index contributed by atoms with van der Waals surface area (Å²) in [5.74, 6) is 0.264. The summed E-state index contributed by atoms with van der Waals surface area (Å²) in [6.07, 6.45) is 1.73. The van der Waals surface area contributed by atoms with E-state index in [2.05, 4.69) is 32.2 Å². The van der Waals surface area contributed by atoms with E-state index in [0.717, 1.165) is 40.1 Å². The van der Waals surface area contributed by atoms with Gasteiger partial charge in [-0.1, -0.05) is 59.1 Å². The summed E-state index contributed by atoms with van der Waals surface area (Å²) >= 11 is 18.3. The Morgan fingerprint density at radius 2 is 1.45 bits per heavy atom. The molecule has 3 rings (SSSR count). The zero-order chi connectivity index (χ0) is 21.9. The first-order valence-electron chi connectivity index (χ1n) is 9.92. The van der Waals surface area contributed by atoms with E-state index in [1.165, 1.54) is 5.56 Å². The minimum absolute atomic E-state index is 0. The number of aryl methyl sites for hydroxylation is 2. The predicted octanol–water partition coefficient (Wildman–Crippen LogP) is 8.11. The zero-order valence-electron chi connectivity index (χ0n) is 17.8. The standard InChI is InChI=1S/C25H26Cl3NO.ClH/c1-25(2,3)29-15-19-12-17(5-4-16-6-9-20(26)10-7-16)13-21(24(19)30)18-8-11-22(27)23(28)14-18;/h6-14,29-30H,4-5,15H2,1-3H3;1H. The average Bonchev–Trinajstić information content (AvgIpc) is 2.69. The highest BCUT2D eigenvalue weighted by Crippen LogP contribution is 2.37. The van der Waals surface area contributed by atoms with Crippen LogP contribution in [0.15, 0.2) is 54.6 Å². The van der Waals surface area contributed by atoms with Crippen molar-refractivity contribution in [2.75, 3.05) is 0 Å². The van der Waals surface area contributed by atoms with Gasteiger partial charge in [-0.3, -0.25) is 0 Å². The minimum Gasteiger partial charge on any atom is -0.507 e. The first-order chi connectivity index (χ1) is 14.1. The lowest BCUT2D eigenvalue weighted by Crippen LogP contribution is -2.35. The van der Waals surface area contributed by atoms with Crippen LogP contribution in [-0.4, -0.2) is 10.6 Å². The Hall–Kier alpha value is -1.42.